The van der Waals surface area contributed by atoms with Crippen molar-refractivity contribution in [2.24, 2.45) is 0 Å². The molecule has 0 atom stereocenters. The van der Waals surface area contributed by atoms with Crippen molar-refractivity contribution in [3.63, 3.8) is 0 Å². The van der Waals surface area contributed by atoms with Gasteiger partial charge < -0.3 is 10.1 Å². The third-order valence-electron chi connectivity index (χ3n) is 4.09. The second-order valence-electron chi connectivity index (χ2n) is 7.10. The summed E-state index contributed by atoms with van der Waals surface area (Å²) in [5.74, 6) is 0. The van der Waals surface area contributed by atoms with E-state index < -0.39 is 0 Å². The quantitative estimate of drug-likeness (QED) is 0.821. The highest BCUT2D eigenvalue weighted by Gasteiger charge is 2.19. The molecule has 0 aromatic carbocycles. The Morgan fingerprint density at radius 2 is 2.04 bits per heavy atom. The fraction of sp³-hybridized carbons (Fsp3) is 0.750. The molecule has 1 aliphatic rings. The molecule has 0 bridgehead atoms. The number of hydrogen-bond donors (Lipinski definition) is 1. The minimum absolute atomic E-state index is 0.0699. The first-order chi connectivity index (χ1) is 11.0. The maximum Gasteiger partial charge on any atom is 0.214 e. The van der Waals surface area contributed by atoms with Crippen LogP contribution in [0.25, 0.3) is 4.96 Å². The molecule has 2 aromatic rings. The van der Waals surface area contributed by atoms with Crippen molar-refractivity contribution in [2.75, 3.05) is 44.7 Å². The van der Waals surface area contributed by atoms with Gasteiger partial charge in [0.15, 0.2) is 0 Å². The molecule has 1 saturated heterocycles. The summed E-state index contributed by atoms with van der Waals surface area (Å²) in [4.78, 5) is 8.12. The van der Waals surface area contributed by atoms with Gasteiger partial charge in [0, 0.05) is 25.0 Å². The summed E-state index contributed by atoms with van der Waals surface area (Å²) in [7, 11) is 0. The van der Waals surface area contributed by atoms with Gasteiger partial charge in [-0.25, -0.2) is 9.50 Å². The van der Waals surface area contributed by atoms with E-state index in [1.165, 1.54) is 13.0 Å². The highest BCUT2D eigenvalue weighted by molar-refractivity contribution is 7.20. The van der Waals surface area contributed by atoms with Crippen LogP contribution in [0.3, 0.4) is 0 Å². The topological polar surface area (TPSA) is 54.7 Å². The summed E-state index contributed by atoms with van der Waals surface area (Å²) in [6, 6.07) is 0. The number of nitrogens with zero attached hydrogens (tertiary/aromatic N) is 4. The number of unbranched alkanes of at least 4 members (excludes halogenated alkanes) is 1. The molecule has 7 heteroatoms. The van der Waals surface area contributed by atoms with Crippen molar-refractivity contribution < 1.29 is 4.74 Å². The molecule has 6 nitrogen and oxygen atoms in total. The van der Waals surface area contributed by atoms with Crippen LogP contribution in [0.2, 0.25) is 0 Å². The SMILES string of the molecule is CC(C)(C)c1cn2nc(NCCCCN3CCOCC3)sc2n1. The predicted molar refractivity (Wildman–Crippen MR) is 94.5 cm³/mol. The third kappa shape index (κ3) is 4.43. The molecular formula is C16H27N5OS. The van der Waals surface area contributed by atoms with Gasteiger partial charge in [-0.2, -0.15) is 0 Å². The summed E-state index contributed by atoms with van der Waals surface area (Å²) in [6.07, 6.45) is 4.41. The van der Waals surface area contributed by atoms with E-state index in [2.05, 4.69) is 41.1 Å². The number of imidazole rings is 1. The van der Waals surface area contributed by atoms with E-state index in [0.717, 1.165) is 55.1 Å². The molecule has 0 amide bonds. The van der Waals surface area contributed by atoms with Crippen LogP contribution in [0, 0.1) is 0 Å². The Bertz CT molecular complexity index is 592. The van der Waals surface area contributed by atoms with Gasteiger partial charge in [-0.15, -0.1) is 5.10 Å². The summed E-state index contributed by atoms with van der Waals surface area (Å²) >= 11 is 1.62. The minimum Gasteiger partial charge on any atom is -0.379 e. The molecule has 0 saturated carbocycles. The normalized spacial score (nSPS) is 17.0. The first-order valence-electron chi connectivity index (χ1n) is 8.43. The van der Waals surface area contributed by atoms with Gasteiger partial charge in [0.25, 0.3) is 0 Å². The maximum atomic E-state index is 5.37. The van der Waals surface area contributed by atoms with E-state index in [9.17, 15) is 0 Å². The van der Waals surface area contributed by atoms with Crippen molar-refractivity contribution in [2.45, 2.75) is 39.0 Å². The van der Waals surface area contributed by atoms with Crippen LogP contribution in [0.4, 0.5) is 5.13 Å². The summed E-state index contributed by atoms with van der Waals surface area (Å²) < 4.78 is 7.26. The van der Waals surface area contributed by atoms with Gasteiger partial charge in [0.2, 0.25) is 10.1 Å². The summed E-state index contributed by atoms with van der Waals surface area (Å²) in [5, 5.41) is 8.95. The van der Waals surface area contributed by atoms with Crippen molar-refractivity contribution >= 4 is 21.4 Å². The molecule has 0 spiro atoms. The lowest BCUT2D eigenvalue weighted by Crippen LogP contribution is -2.36. The third-order valence-corrected chi connectivity index (χ3v) is 4.97. The summed E-state index contributed by atoms with van der Waals surface area (Å²) in [6.45, 7) is 12.6. The number of nitrogens with one attached hydrogen (secondary N) is 1. The molecule has 0 radical (unpaired) electrons. The van der Waals surface area contributed by atoms with Crippen LogP contribution in [0.15, 0.2) is 6.20 Å². The Balaban J connectivity index is 1.41. The zero-order chi connectivity index (χ0) is 16.3. The van der Waals surface area contributed by atoms with E-state index in [1.54, 1.807) is 11.3 Å². The Hall–Kier alpha value is -1.18. The molecule has 128 valence electrons. The number of ether oxygens (including phenoxy) is 1. The van der Waals surface area contributed by atoms with Gasteiger partial charge >= 0.3 is 0 Å². The first-order valence-corrected chi connectivity index (χ1v) is 9.25. The van der Waals surface area contributed by atoms with Crippen LogP contribution < -0.4 is 5.32 Å². The molecule has 1 aliphatic heterocycles. The lowest BCUT2D eigenvalue weighted by Gasteiger charge is -2.26. The summed E-state index contributed by atoms with van der Waals surface area (Å²) in [5.41, 5.74) is 1.16. The monoisotopic (exact) mass is 337 g/mol. The van der Waals surface area contributed by atoms with E-state index in [1.807, 2.05) is 10.7 Å². The van der Waals surface area contributed by atoms with E-state index >= 15 is 0 Å². The fourth-order valence-electron chi connectivity index (χ4n) is 2.61. The van der Waals surface area contributed by atoms with Crippen molar-refractivity contribution in [3.05, 3.63) is 11.9 Å². The van der Waals surface area contributed by atoms with Crippen molar-refractivity contribution in [1.82, 2.24) is 19.5 Å². The Morgan fingerprint density at radius 3 is 2.74 bits per heavy atom. The lowest BCUT2D eigenvalue weighted by atomic mass is 9.93. The van der Waals surface area contributed by atoms with Crippen molar-refractivity contribution in [3.8, 4) is 0 Å². The number of fused-ring (bicyclic) bond motifs is 1. The molecule has 0 aliphatic carbocycles. The van der Waals surface area contributed by atoms with Crippen LogP contribution in [-0.4, -0.2) is 58.9 Å². The highest BCUT2D eigenvalue weighted by Crippen LogP contribution is 2.25. The molecule has 2 aromatic heterocycles. The maximum absolute atomic E-state index is 5.37. The molecule has 23 heavy (non-hydrogen) atoms. The second-order valence-corrected chi connectivity index (χ2v) is 8.05. The van der Waals surface area contributed by atoms with E-state index in [0.29, 0.717) is 0 Å². The highest BCUT2D eigenvalue weighted by atomic mass is 32.1. The molecule has 1 fully saturated rings. The standard InChI is InChI=1S/C16H27N5OS/c1-16(2,3)13-12-21-15(18-13)23-14(19-21)17-6-4-5-7-20-8-10-22-11-9-20/h12H,4-11H2,1-3H3,(H,17,19). The van der Waals surface area contributed by atoms with Crippen LogP contribution in [0.5, 0.6) is 0 Å². The van der Waals surface area contributed by atoms with Gasteiger partial charge in [-0.1, -0.05) is 32.1 Å². The largest absolute Gasteiger partial charge is 0.379 e. The van der Waals surface area contributed by atoms with Gasteiger partial charge in [-0.3, -0.25) is 4.90 Å². The van der Waals surface area contributed by atoms with E-state index in [4.69, 9.17) is 4.74 Å². The van der Waals surface area contributed by atoms with Crippen LogP contribution in [-0.2, 0) is 10.2 Å². The molecular weight excluding hydrogens is 310 g/mol. The number of rotatable bonds is 6. The number of morpholine rings is 1. The second kappa shape index (κ2) is 7.15. The fourth-order valence-corrected chi connectivity index (χ4v) is 3.42. The van der Waals surface area contributed by atoms with Gasteiger partial charge in [-0.05, 0) is 19.4 Å². The molecule has 3 heterocycles. The Morgan fingerprint density at radius 1 is 1.26 bits per heavy atom. The average Bonchev–Trinajstić information content (AvgIpc) is 3.06. The zero-order valence-corrected chi connectivity index (χ0v) is 15.2. The molecule has 1 N–H and O–H groups in total. The van der Waals surface area contributed by atoms with Crippen LogP contribution >= 0.6 is 11.3 Å². The predicted octanol–water partition coefficient (Wildman–Crippen LogP) is 2.61. The first kappa shape index (κ1) is 16.7. The molecule has 3 rings (SSSR count). The van der Waals surface area contributed by atoms with Crippen LogP contribution in [0.1, 0.15) is 39.3 Å². The van der Waals surface area contributed by atoms with E-state index in [-0.39, 0.29) is 5.41 Å². The van der Waals surface area contributed by atoms with Crippen molar-refractivity contribution in [1.29, 1.82) is 0 Å². The van der Waals surface area contributed by atoms with Gasteiger partial charge in [0.1, 0.15) is 0 Å². The Labute approximate surface area is 141 Å². The molecule has 0 unspecified atom stereocenters. The number of aromatic nitrogens is 3. The van der Waals surface area contributed by atoms with Gasteiger partial charge in [0.05, 0.1) is 25.1 Å². The average molecular weight is 337 g/mol. The number of hydrogen-bond acceptors (Lipinski definition) is 6. The zero-order valence-electron chi connectivity index (χ0n) is 14.3. The number of anilines is 1. The lowest BCUT2D eigenvalue weighted by molar-refractivity contribution is 0.0373. The minimum atomic E-state index is 0.0699. The Kier molecular flexibility index (Phi) is 5.18. The smallest absolute Gasteiger partial charge is 0.214 e.